The largest absolute Gasteiger partial charge is 0.433 e. The van der Waals surface area contributed by atoms with Gasteiger partial charge in [-0.05, 0) is 23.3 Å². The van der Waals surface area contributed by atoms with E-state index in [1.165, 1.54) is 4.90 Å². The van der Waals surface area contributed by atoms with E-state index in [9.17, 15) is 4.79 Å². The molecule has 1 fully saturated rings. The smallest absolute Gasteiger partial charge is 0.416 e. The number of hydrogen-bond acceptors (Lipinski definition) is 3. The third-order valence-electron chi connectivity index (χ3n) is 3.26. The first kappa shape index (κ1) is 14.0. The van der Waals surface area contributed by atoms with Crippen LogP contribution in [0.1, 0.15) is 17.2 Å². The van der Waals surface area contributed by atoms with Gasteiger partial charge in [-0.2, -0.15) is 0 Å². The molecule has 2 aromatic carbocycles. The molecule has 0 N–H and O–H groups in total. The number of halogens is 1. The van der Waals surface area contributed by atoms with Gasteiger partial charge in [0.05, 0.1) is 6.54 Å². The first-order chi connectivity index (χ1) is 10.1. The fourth-order valence-corrected chi connectivity index (χ4v) is 2.78. The molecule has 5 heteroatoms. The molecule has 3 rings (SSSR count). The van der Waals surface area contributed by atoms with Gasteiger partial charge < -0.3 is 4.74 Å². The third kappa shape index (κ3) is 2.91. The van der Waals surface area contributed by atoms with Crippen molar-refractivity contribution < 1.29 is 9.53 Å². The quantitative estimate of drug-likeness (QED) is 0.788. The van der Waals surface area contributed by atoms with Crippen molar-refractivity contribution in [3.05, 3.63) is 70.7 Å². The van der Waals surface area contributed by atoms with E-state index in [4.69, 9.17) is 28.6 Å². The van der Waals surface area contributed by atoms with Crippen LogP contribution in [-0.2, 0) is 11.3 Å². The van der Waals surface area contributed by atoms with Gasteiger partial charge in [0, 0.05) is 5.02 Å². The van der Waals surface area contributed by atoms with E-state index in [1.54, 1.807) is 6.07 Å². The van der Waals surface area contributed by atoms with E-state index in [0.29, 0.717) is 16.6 Å². The van der Waals surface area contributed by atoms with Crippen LogP contribution in [0.5, 0.6) is 0 Å². The fraction of sp³-hybridized carbons (Fsp3) is 0.125. The van der Waals surface area contributed by atoms with E-state index in [1.807, 2.05) is 48.5 Å². The molecule has 1 aliphatic rings. The van der Waals surface area contributed by atoms with E-state index >= 15 is 0 Å². The molecule has 0 saturated carbocycles. The number of cyclic esters (lactones) is 1. The van der Waals surface area contributed by atoms with Gasteiger partial charge in [-0.25, -0.2) is 4.79 Å². The number of thiocarbonyl (C=S) groups is 1. The number of carbonyl (C=O) groups is 1. The summed E-state index contributed by atoms with van der Waals surface area (Å²) in [5.41, 5.74) is 1.79. The van der Waals surface area contributed by atoms with Crippen LogP contribution in [0.4, 0.5) is 4.79 Å². The summed E-state index contributed by atoms with van der Waals surface area (Å²) in [5, 5.41) is 0.630. The fourth-order valence-electron chi connectivity index (χ4n) is 2.25. The van der Waals surface area contributed by atoms with E-state index in [-0.39, 0.29) is 0 Å². The summed E-state index contributed by atoms with van der Waals surface area (Å²) in [4.78, 5) is 14.0. The zero-order valence-electron chi connectivity index (χ0n) is 11.0. The zero-order valence-corrected chi connectivity index (χ0v) is 12.6. The molecule has 1 saturated heterocycles. The molecule has 3 nitrogen and oxygen atoms in total. The van der Waals surface area contributed by atoms with Crippen molar-refractivity contribution in [2.24, 2.45) is 0 Å². The molecule has 0 spiro atoms. The lowest BCUT2D eigenvalue weighted by Gasteiger charge is -2.14. The predicted octanol–water partition coefficient (Wildman–Crippen LogP) is 4.36. The number of hydrogen-bond donors (Lipinski definition) is 0. The molecular formula is C16H12ClNO2S. The Kier molecular flexibility index (Phi) is 3.90. The van der Waals surface area contributed by atoms with Crippen molar-refractivity contribution in [1.82, 2.24) is 4.90 Å². The molecule has 1 aliphatic heterocycles. The van der Waals surface area contributed by atoms with Crippen LogP contribution in [0.3, 0.4) is 0 Å². The summed E-state index contributed by atoms with van der Waals surface area (Å²) in [6.07, 6.45) is -0.915. The van der Waals surface area contributed by atoms with Gasteiger partial charge in [-0.1, -0.05) is 66.3 Å². The highest BCUT2D eigenvalue weighted by atomic mass is 35.5. The minimum Gasteiger partial charge on any atom is -0.433 e. The molecule has 106 valence electrons. The Morgan fingerprint density at radius 3 is 2.62 bits per heavy atom. The highest BCUT2D eigenvalue weighted by Gasteiger charge is 2.37. The maximum absolute atomic E-state index is 12.0. The SMILES string of the molecule is O=C1OC(c2ccccc2)C(=S)N1Cc1cccc(Cl)c1. The highest BCUT2D eigenvalue weighted by molar-refractivity contribution is 7.80. The second-order valence-electron chi connectivity index (χ2n) is 4.73. The molecule has 0 radical (unpaired) electrons. The summed E-state index contributed by atoms with van der Waals surface area (Å²) in [5.74, 6) is 0. The van der Waals surface area contributed by atoms with Gasteiger partial charge >= 0.3 is 6.09 Å². The third-order valence-corrected chi connectivity index (χ3v) is 3.93. The summed E-state index contributed by atoms with van der Waals surface area (Å²) in [7, 11) is 0. The molecule has 0 bridgehead atoms. The Morgan fingerprint density at radius 2 is 1.90 bits per heavy atom. The second-order valence-corrected chi connectivity index (χ2v) is 5.58. The summed E-state index contributed by atoms with van der Waals surface area (Å²) < 4.78 is 5.39. The van der Waals surface area contributed by atoms with E-state index in [2.05, 4.69) is 0 Å². The summed E-state index contributed by atoms with van der Waals surface area (Å²) in [6, 6.07) is 16.8. The standard InChI is InChI=1S/C16H12ClNO2S/c17-13-8-4-5-11(9-13)10-18-15(21)14(20-16(18)19)12-6-2-1-3-7-12/h1-9,14H,10H2. The molecular weight excluding hydrogens is 306 g/mol. The van der Waals surface area contributed by atoms with E-state index < -0.39 is 12.2 Å². The number of carbonyl (C=O) groups excluding carboxylic acids is 1. The van der Waals surface area contributed by atoms with Crippen molar-refractivity contribution >= 4 is 34.9 Å². The van der Waals surface area contributed by atoms with Crippen LogP contribution < -0.4 is 0 Å². The average molecular weight is 318 g/mol. The molecule has 1 unspecified atom stereocenters. The van der Waals surface area contributed by atoms with Crippen LogP contribution in [0, 0.1) is 0 Å². The maximum atomic E-state index is 12.0. The van der Waals surface area contributed by atoms with Crippen molar-refractivity contribution in [1.29, 1.82) is 0 Å². The maximum Gasteiger partial charge on any atom is 0.416 e. The minimum absolute atomic E-state index is 0.363. The lowest BCUT2D eigenvalue weighted by atomic mass is 10.1. The first-order valence-corrected chi connectivity index (χ1v) is 7.25. The average Bonchev–Trinajstić information content (AvgIpc) is 2.76. The second kappa shape index (κ2) is 5.84. The minimum atomic E-state index is -0.493. The molecule has 0 aromatic heterocycles. The summed E-state index contributed by atoms with van der Waals surface area (Å²) >= 11 is 11.4. The van der Waals surface area contributed by atoms with Crippen LogP contribution in [0.25, 0.3) is 0 Å². The molecule has 21 heavy (non-hydrogen) atoms. The first-order valence-electron chi connectivity index (χ1n) is 6.46. The Hall–Kier alpha value is -1.91. The zero-order chi connectivity index (χ0) is 14.8. The van der Waals surface area contributed by atoms with Gasteiger partial charge in [0.15, 0.2) is 6.10 Å². The predicted molar refractivity (Wildman–Crippen MR) is 85.3 cm³/mol. The van der Waals surface area contributed by atoms with Gasteiger partial charge in [0.25, 0.3) is 0 Å². The van der Waals surface area contributed by atoms with Crippen LogP contribution >= 0.6 is 23.8 Å². The summed E-state index contributed by atoms with van der Waals surface area (Å²) in [6.45, 7) is 0.363. The van der Waals surface area contributed by atoms with Gasteiger partial charge in [-0.15, -0.1) is 0 Å². The Morgan fingerprint density at radius 1 is 1.14 bits per heavy atom. The van der Waals surface area contributed by atoms with Crippen LogP contribution in [-0.4, -0.2) is 16.0 Å². The van der Waals surface area contributed by atoms with Crippen LogP contribution in [0.2, 0.25) is 5.02 Å². The molecule has 0 aliphatic carbocycles. The Labute approximate surface area is 133 Å². The lowest BCUT2D eigenvalue weighted by Crippen LogP contribution is -2.27. The molecule has 1 heterocycles. The van der Waals surface area contributed by atoms with Crippen molar-refractivity contribution in [2.45, 2.75) is 12.6 Å². The van der Waals surface area contributed by atoms with E-state index in [0.717, 1.165) is 11.1 Å². The normalized spacial score (nSPS) is 18.0. The van der Waals surface area contributed by atoms with Crippen molar-refractivity contribution in [3.8, 4) is 0 Å². The molecule has 1 atom stereocenters. The number of rotatable bonds is 3. The van der Waals surface area contributed by atoms with Gasteiger partial charge in [0.2, 0.25) is 0 Å². The molecule has 1 amide bonds. The van der Waals surface area contributed by atoms with Crippen molar-refractivity contribution in [2.75, 3.05) is 0 Å². The Balaban J connectivity index is 1.81. The van der Waals surface area contributed by atoms with Crippen molar-refractivity contribution in [3.63, 3.8) is 0 Å². The highest BCUT2D eigenvalue weighted by Crippen LogP contribution is 2.30. The number of nitrogens with zero attached hydrogens (tertiary/aromatic N) is 1. The topological polar surface area (TPSA) is 29.5 Å². The van der Waals surface area contributed by atoms with Gasteiger partial charge in [-0.3, -0.25) is 4.90 Å². The Bertz CT molecular complexity index is 690. The number of benzene rings is 2. The molecule has 2 aromatic rings. The monoisotopic (exact) mass is 317 g/mol. The number of amides is 1. The van der Waals surface area contributed by atoms with Gasteiger partial charge in [0.1, 0.15) is 4.99 Å². The lowest BCUT2D eigenvalue weighted by molar-refractivity contribution is 0.133. The number of ether oxygens (including phenoxy) is 1. The van der Waals surface area contributed by atoms with Crippen LogP contribution in [0.15, 0.2) is 54.6 Å².